The van der Waals surface area contributed by atoms with Crippen molar-refractivity contribution in [1.29, 1.82) is 0 Å². The Morgan fingerprint density at radius 3 is 2.09 bits per heavy atom. The van der Waals surface area contributed by atoms with E-state index in [2.05, 4.69) is 59.2 Å². The van der Waals surface area contributed by atoms with E-state index in [-0.39, 0.29) is 18.2 Å². The van der Waals surface area contributed by atoms with Crippen LogP contribution in [0.4, 0.5) is 4.79 Å². The first-order chi connectivity index (χ1) is 16.0. The predicted octanol–water partition coefficient (Wildman–Crippen LogP) is 4.85. The van der Waals surface area contributed by atoms with E-state index in [1.165, 1.54) is 22.3 Å². The van der Waals surface area contributed by atoms with Crippen LogP contribution in [0.15, 0.2) is 72.8 Å². The number of halogens is 1. The van der Waals surface area contributed by atoms with E-state index in [9.17, 15) is 9.59 Å². The fourth-order valence-electron chi connectivity index (χ4n) is 5.63. The molecule has 0 fully saturated rings. The van der Waals surface area contributed by atoms with Gasteiger partial charge in [-0.05, 0) is 46.2 Å². The molecule has 0 saturated heterocycles. The topological polar surface area (TPSA) is 84.2 Å². The molecular weight excluding hydrogens is 434 g/mol. The second-order valence-electron chi connectivity index (χ2n) is 8.87. The van der Waals surface area contributed by atoms with Crippen molar-refractivity contribution in [1.82, 2.24) is 10.6 Å². The largest absolute Gasteiger partial charge is 0.356 e. The molecule has 0 radical (unpaired) electrons. The van der Waals surface area contributed by atoms with Gasteiger partial charge in [-0.2, -0.15) is 0 Å². The third-order valence-electron chi connectivity index (χ3n) is 6.97. The summed E-state index contributed by atoms with van der Waals surface area (Å²) in [5.74, 6) is 0.797. The van der Waals surface area contributed by atoms with Crippen LogP contribution in [0.1, 0.15) is 58.5 Å². The van der Waals surface area contributed by atoms with E-state index in [4.69, 9.17) is 17.3 Å². The van der Waals surface area contributed by atoms with Crippen LogP contribution >= 0.6 is 11.6 Å². The van der Waals surface area contributed by atoms with E-state index in [1.54, 1.807) is 18.2 Å². The van der Waals surface area contributed by atoms with E-state index in [0.29, 0.717) is 29.0 Å². The normalized spacial score (nSPS) is 20.9. The summed E-state index contributed by atoms with van der Waals surface area (Å²) < 4.78 is 0. The van der Waals surface area contributed by atoms with Crippen molar-refractivity contribution in [3.05, 3.63) is 106 Å². The van der Waals surface area contributed by atoms with Gasteiger partial charge in [-0.3, -0.25) is 4.79 Å². The lowest BCUT2D eigenvalue weighted by atomic mass is 9.59. The summed E-state index contributed by atoms with van der Waals surface area (Å²) in [5.41, 5.74) is 11.6. The maximum absolute atomic E-state index is 12.9. The van der Waals surface area contributed by atoms with Gasteiger partial charge in [0.2, 0.25) is 5.91 Å². The van der Waals surface area contributed by atoms with Crippen molar-refractivity contribution in [2.24, 2.45) is 11.7 Å². The van der Waals surface area contributed by atoms with Gasteiger partial charge in [0.1, 0.15) is 0 Å². The first kappa shape index (κ1) is 21.5. The van der Waals surface area contributed by atoms with Gasteiger partial charge in [-0.1, -0.05) is 78.3 Å². The molecule has 2 unspecified atom stereocenters. The van der Waals surface area contributed by atoms with Crippen molar-refractivity contribution < 1.29 is 9.59 Å². The maximum atomic E-state index is 12.9. The molecule has 0 aliphatic heterocycles. The number of fused-ring (bicyclic) bond motifs is 1. The number of nitrogens with one attached hydrogen (secondary N) is 2. The van der Waals surface area contributed by atoms with Gasteiger partial charge in [-0.25, -0.2) is 4.79 Å². The molecule has 0 heterocycles. The Hall–Kier alpha value is -3.31. The van der Waals surface area contributed by atoms with Gasteiger partial charge < -0.3 is 16.4 Å². The molecule has 3 aromatic carbocycles. The number of rotatable bonds is 6. The van der Waals surface area contributed by atoms with Gasteiger partial charge in [0.25, 0.3) is 0 Å². The summed E-state index contributed by atoms with van der Waals surface area (Å²) in [5, 5.41) is 6.26. The van der Waals surface area contributed by atoms with Crippen LogP contribution in [0.2, 0.25) is 5.02 Å². The molecule has 6 rings (SSSR count). The SMILES string of the molecule is NC(=O)NC(CC(=O)NCC1CC2c3ccccc3C1c1ccccc12)c1ccccc1Cl. The molecule has 33 heavy (non-hydrogen) atoms. The molecule has 4 N–H and O–H groups in total. The quantitative estimate of drug-likeness (QED) is 0.492. The second kappa shape index (κ2) is 8.91. The number of hydrogen-bond donors (Lipinski definition) is 3. The molecule has 3 aliphatic carbocycles. The average Bonchev–Trinajstić information content (AvgIpc) is 2.82. The van der Waals surface area contributed by atoms with Gasteiger partial charge in [0, 0.05) is 23.4 Å². The fourth-order valence-corrected chi connectivity index (χ4v) is 5.90. The Kier molecular flexibility index (Phi) is 5.81. The lowest BCUT2D eigenvalue weighted by molar-refractivity contribution is -0.121. The summed E-state index contributed by atoms with van der Waals surface area (Å²) in [6, 6.07) is 23.2. The number of primary amides is 1. The lowest BCUT2D eigenvalue weighted by Gasteiger charge is -2.45. The highest BCUT2D eigenvalue weighted by molar-refractivity contribution is 6.31. The van der Waals surface area contributed by atoms with Gasteiger partial charge in [0.05, 0.1) is 12.5 Å². The van der Waals surface area contributed by atoms with E-state index < -0.39 is 12.1 Å². The zero-order chi connectivity index (χ0) is 22.9. The van der Waals surface area contributed by atoms with E-state index >= 15 is 0 Å². The molecule has 0 spiro atoms. The molecule has 3 aliphatic rings. The highest BCUT2D eigenvalue weighted by Gasteiger charge is 2.42. The monoisotopic (exact) mass is 459 g/mol. The van der Waals surface area contributed by atoms with E-state index in [1.807, 2.05) is 6.07 Å². The van der Waals surface area contributed by atoms with Crippen LogP contribution in [0.25, 0.3) is 0 Å². The molecular formula is C27H26ClN3O2. The predicted molar refractivity (Wildman–Crippen MR) is 129 cm³/mol. The summed E-state index contributed by atoms with van der Waals surface area (Å²) >= 11 is 6.30. The van der Waals surface area contributed by atoms with Crippen molar-refractivity contribution in [2.75, 3.05) is 6.54 Å². The van der Waals surface area contributed by atoms with Crippen LogP contribution in [-0.2, 0) is 4.79 Å². The van der Waals surface area contributed by atoms with Gasteiger partial charge >= 0.3 is 6.03 Å². The van der Waals surface area contributed by atoms with Crippen molar-refractivity contribution >= 4 is 23.5 Å². The van der Waals surface area contributed by atoms with Gasteiger partial charge in [-0.15, -0.1) is 0 Å². The molecule has 5 nitrogen and oxygen atoms in total. The second-order valence-corrected chi connectivity index (χ2v) is 9.28. The summed E-state index contributed by atoms with van der Waals surface area (Å²) in [6.45, 7) is 0.578. The molecule has 2 atom stereocenters. The summed E-state index contributed by atoms with van der Waals surface area (Å²) in [6.07, 6.45) is 1.08. The number of carbonyl (C=O) groups excluding carboxylic acids is 2. The smallest absolute Gasteiger partial charge is 0.312 e. The number of amides is 3. The molecule has 0 saturated carbocycles. The van der Waals surface area contributed by atoms with Crippen molar-refractivity contribution in [2.45, 2.75) is 30.7 Å². The minimum atomic E-state index is -0.689. The number of urea groups is 1. The Bertz CT molecular complexity index is 1160. The van der Waals surface area contributed by atoms with Crippen LogP contribution in [0.3, 0.4) is 0 Å². The zero-order valence-electron chi connectivity index (χ0n) is 18.1. The maximum Gasteiger partial charge on any atom is 0.312 e. The number of benzene rings is 3. The molecule has 3 amide bonds. The Morgan fingerprint density at radius 1 is 0.909 bits per heavy atom. The minimum Gasteiger partial charge on any atom is -0.356 e. The van der Waals surface area contributed by atoms with Crippen molar-refractivity contribution in [3.8, 4) is 0 Å². The minimum absolute atomic E-state index is 0.0701. The third kappa shape index (κ3) is 4.09. The van der Waals surface area contributed by atoms with Gasteiger partial charge in [0.15, 0.2) is 0 Å². The molecule has 6 heteroatoms. The molecule has 168 valence electrons. The first-order valence-corrected chi connectivity index (χ1v) is 11.7. The Morgan fingerprint density at radius 2 is 1.48 bits per heavy atom. The molecule has 0 aromatic heterocycles. The number of nitrogens with two attached hydrogens (primary N) is 1. The number of hydrogen-bond acceptors (Lipinski definition) is 2. The summed E-state index contributed by atoms with van der Waals surface area (Å²) in [4.78, 5) is 24.5. The van der Waals surface area contributed by atoms with Crippen LogP contribution in [0.5, 0.6) is 0 Å². The third-order valence-corrected chi connectivity index (χ3v) is 7.32. The summed E-state index contributed by atoms with van der Waals surface area (Å²) in [7, 11) is 0. The van der Waals surface area contributed by atoms with Crippen LogP contribution in [0, 0.1) is 5.92 Å². The van der Waals surface area contributed by atoms with Crippen LogP contribution in [-0.4, -0.2) is 18.5 Å². The standard InChI is InChI=1S/C27H26ClN3O2/c28-23-12-6-5-11-21(23)24(31-27(29)33)14-25(32)30-15-16-13-22-17-7-1-3-9-19(17)26(16)20-10-4-2-8-18(20)22/h1-12,16,22,24,26H,13-15H2,(H,30,32)(H3,29,31,33). The lowest BCUT2D eigenvalue weighted by Crippen LogP contribution is -2.41. The molecule has 3 aromatic rings. The highest BCUT2D eigenvalue weighted by atomic mass is 35.5. The average molecular weight is 460 g/mol. The van der Waals surface area contributed by atoms with Crippen molar-refractivity contribution in [3.63, 3.8) is 0 Å². The molecule has 2 bridgehead atoms. The number of carbonyl (C=O) groups is 2. The van der Waals surface area contributed by atoms with E-state index in [0.717, 1.165) is 6.42 Å². The van der Waals surface area contributed by atoms with Crippen LogP contribution < -0.4 is 16.4 Å². The Labute approximate surface area is 198 Å². The fraction of sp³-hybridized carbons (Fsp3) is 0.259. The Balaban J connectivity index is 1.32. The first-order valence-electron chi connectivity index (χ1n) is 11.3. The highest BCUT2D eigenvalue weighted by Crippen LogP contribution is 2.55. The zero-order valence-corrected chi connectivity index (χ0v) is 18.9.